The summed E-state index contributed by atoms with van der Waals surface area (Å²) in [6.07, 6.45) is 0. The van der Waals surface area contributed by atoms with Gasteiger partial charge in [0.15, 0.2) is 0 Å². The molecule has 1 N–H and O–H groups in total. The summed E-state index contributed by atoms with van der Waals surface area (Å²) < 4.78 is 0. The van der Waals surface area contributed by atoms with Crippen molar-refractivity contribution < 1.29 is 0 Å². The average molecular weight is 280 g/mol. The second-order valence-electron chi connectivity index (χ2n) is 4.14. The van der Waals surface area contributed by atoms with Crippen molar-refractivity contribution in [2.24, 2.45) is 0 Å². The lowest BCUT2D eigenvalue weighted by Gasteiger charge is -2.07. The summed E-state index contributed by atoms with van der Waals surface area (Å²) in [5, 5.41) is 4.64. The van der Waals surface area contributed by atoms with Crippen molar-refractivity contribution in [3.05, 3.63) is 58.1 Å². The largest absolute Gasteiger partial charge is 0.313 e. The van der Waals surface area contributed by atoms with Crippen LogP contribution in [0.2, 0.25) is 10.0 Å². The number of rotatable bonds is 4. The molecule has 0 aliphatic heterocycles. The van der Waals surface area contributed by atoms with Gasteiger partial charge in [0, 0.05) is 16.6 Å². The number of nitrogens with one attached hydrogen (secondary N) is 1. The first kappa shape index (κ1) is 13.4. The summed E-state index contributed by atoms with van der Waals surface area (Å²) in [6.45, 7) is 3.94. The Balaban J connectivity index is 2.32. The van der Waals surface area contributed by atoms with Gasteiger partial charge in [0.25, 0.3) is 0 Å². The maximum atomic E-state index is 6.03. The molecule has 0 aliphatic rings. The smallest absolute Gasteiger partial charge is 0.0426 e. The molecule has 0 fully saturated rings. The predicted octanol–water partition coefficient (Wildman–Crippen LogP) is 4.77. The second-order valence-corrected chi connectivity index (χ2v) is 5.01. The van der Waals surface area contributed by atoms with Gasteiger partial charge in [-0.05, 0) is 47.5 Å². The monoisotopic (exact) mass is 279 g/mol. The van der Waals surface area contributed by atoms with Crippen molar-refractivity contribution in [3.8, 4) is 11.1 Å². The van der Waals surface area contributed by atoms with Crippen LogP contribution >= 0.6 is 23.2 Å². The number of halogens is 2. The van der Waals surface area contributed by atoms with Gasteiger partial charge in [-0.2, -0.15) is 0 Å². The first-order chi connectivity index (χ1) is 8.69. The van der Waals surface area contributed by atoms with Gasteiger partial charge in [0.05, 0.1) is 0 Å². The Morgan fingerprint density at radius 3 is 2.33 bits per heavy atom. The summed E-state index contributed by atoms with van der Waals surface area (Å²) in [7, 11) is 0. The van der Waals surface area contributed by atoms with E-state index in [2.05, 4.69) is 36.5 Å². The van der Waals surface area contributed by atoms with Gasteiger partial charge in [-0.3, -0.25) is 0 Å². The molecule has 2 aromatic rings. The Hall–Kier alpha value is -1.02. The van der Waals surface area contributed by atoms with Crippen molar-refractivity contribution in [3.63, 3.8) is 0 Å². The standard InChI is InChI=1S/C15H15Cl2N/c1-2-18-10-11-4-3-5-12(6-11)13-7-14(16)9-15(17)8-13/h3-9,18H,2,10H2,1H3. The third-order valence-corrected chi connectivity index (χ3v) is 3.14. The number of hydrogen-bond acceptors (Lipinski definition) is 1. The highest BCUT2D eigenvalue weighted by molar-refractivity contribution is 6.35. The van der Waals surface area contributed by atoms with Crippen LogP contribution in [-0.2, 0) is 6.54 Å². The van der Waals surface area contributed by atoms with Crippen LogP contribution in [0, 0.1) is 0 Å². The first-order valence-corrected chi connectivity index (χ1v) is 6.71. The molecule has 18 heavy (non-hydrogen) atoms. The fraction of sp³-hybridized carbons (Fsp3) is 0.200. The zero-order valence-electron chi connectivity index (χ0n) is 10.2. The van der Waals surface area contributed by atoms with E-state index >= 15 is 0 Å². The molecule has 0 aromatic heterocycles. The van der Waals surface area contributed by atoms with Crippen LogP contribution in [0.1, 0.15) is 12.5 Å². The van der Waals surface area contributed by atoms with Crippen molar-refractivity contribution in [1.29, 1.82) is 0 Å². The highest BCUT2D eigenvalue weighted by Crippen LogP contribution is 2.27. The summed E-state index contributed by atoms with van der Waals surface area (Å²) in [5.41, 5.74) is 3.44. The van der Waals surface area contributed by atoms with Crippen LogP contribution in [0.15, 0.2) is 42.5 Å². The van der Waals surface area contributed by atoms with E-state index in [4.69, 9.17) is 23.2 Å². The van der Waals surface area contributed by atoms with Crippen LogP contribution < -0.4 is 5.32 Å². The lowest BCUT2D eigenvalue weighted by Crippen LogP contribution is -2.11. The quantitative estimate of drug-likeness (QED) is 0.850. The van der Waals surface area contributed by atoms with Crippen LogP contribution in [-0.4, -0.2) is 6.54 Å². The summed E-state index contributed by atoms with van der Waals surface area (Å²) >= 11 is 12.1. The molecule has 3 heteroatoms. The maximum absolute atomic E-state index is 6.03. The molecule has 94 valence electrons. The minimum absolute atomic E-state index is 0.662. The number of hydrogen-bond donors (Lipinski definition) is 1. The summed E-state index contributed by atoms with van der Waals surface area (Å²) in [4.78, 5) is 0. The molecular formula is C15H15Cl2N. The van der Waals surface area contributed by atoms with Gasteiger partial charge in [0.2, 0.25) is 0 Å². The Morgan fingerprint density at radius 2 is 1.67 bits per heavy atom. The molecule has 2 aromatic carbocycles. The van der Waals surface area contributed by atoms with Crippen LogP contribution in [0.25, 0.3) is 11.1 Å². The molecule has 2 rings (SSSR count). The predicted molar refractivity (Wildman–Crippen MR) is 79.3 cm³/mol. The third-order valence-electron chi connectivity index (χ3n) is 2.70. The van der Waals surface area contributed by atoms with Crippen LogP contribution in [0.5, 0.6) is 0 Å². The first-order valence-electron chi connectivity index (χ1n) is 5.95. The van der Waals surface area contributed by atoms with E-state index in [0.29, 0.717) is 10.0 Å². The minimum Gasteiger partial charge on any atom is -0.313 e. The van der Waals surface area contributed by atoms with Gasteiger partial charge in [0.1, 0.15) is 0 Å². The summed E-state index contributed by atoms with van der Waals surface area (Å²) in [5.74, 6) is 0. The fourth-order valence-corrected chi connectivity index (χ4v) is 2.38. The number of benzene rings is 2. The zero-order valence-corrected chi connectivity index (χ0v) is 11.7. The molecule has 0 spiro atoms. The van der Waals surface area contributed by atoms with Crippen molar-refractivity contribution in [2.75, 3.05) is 6.54 Å². The normalized spacial score (nSPS) is 10.6. The molecule has 1 nitrogen and oxygen atoms in total. The van der Waals surface area contributed by atoms with Gasteiger partial charge >= 0.3 is 0 Å². The molecule has 0 atom stereocenters. The second kappa shape index (κ2) is 6.24. The van der Waals surface area contributed by atoms with Crippen molar-refractivity contribution in [2.45, 2.75) is 13.5 Å². The van der Waals surface area contributed by atoms with E-state index in [1.54, 1.807) is 6.07 Å². The molecule has 0 saturated heterocycles. The highest BCUT2D eigenvalue weighted by Gasteiger charge is 2.02. The van der Waals surface area contributed by atoms with Crippen molar-refractivity contribution in [1.82, 2.24) is 5.32 Å². The lowest BCUT2D eigenvalue weighted by molar-refractivity contribution is 0.727. The van der Waals surface area contributed by atoms with Crippen LogP contribution in [0.4, 0.5) is 0 Å². The Bertz CT molecular complexity index is 518. The Morgan fingerprint density at radius 1 is 0.944 bits per heavy atom. The summed E-state index contributed by atoms with van der Waals surface area (Å²) in [6, 6.07) is 14.0. The third kappa shape index (κ3) is 3.49. The Labute approximate surface area is 118 Å². The van der Waals surface area contributed by atoms with E-state index in [-0.39, 0.29) is 0 Å². The molecule has 0 heterocycles. The molecule has 0 saturated carbocycles. The lowest BCUT2D eigenvalue weighted by atomic mass is 10.0. The SMILES string of the molecule is CCNCc1cccc(-c2cc(Cl)cc(Cl)c2)c1. The maximum Gasteiger partial charge on any atom is 0.0426 e. The van der Waals surface area contributed by atoms with Gasteiger partial charge in [-0.1, -0.05) is 48.3 Å². The Kier molecular flexibility index (Phi) is 4.65. The molecule has 0 unspecified atom stereocenters. The van der Waals surface area contributed by atoms with Gasteiger partial charge < -0.3 is 5.32 Å². The molecule has 0 bridgehead atoms. The van der Waals surface area contributed by atoms with E-state index in [1.165, 1.54) is 5.56 Å². The average Bonchev–Trinajstić information content (AvgIpc) is 2.35. The molecular weight excluding hydrogens is 265 g/mol. The minimum atomic E-state index is 0.662. The van der Waals surface area contributed by atoms with Crippen LogP contribution in [0.3, 0.4) is 0 Å². The van der Waals surface area contributed by atoms with E-state index in [1.807, 2.05) is 12.1 Å². The van der Waals surface area contributed by atoms with E-state index in [0.717, 1.165) is 24.2 Å². The molecule has 0 aliphatic carbocycles. The van der Waals surface area contributed by atoms with Crippen molar-refractivity contribution >= 4 is 23.2 Å². The fourth-order valence-electron chi connectivity index (χ4n) is 1.85. The molecule has 0 amide bonds. The highest BCUT2D eigenvalue weighted by atomic mass is 35.5. The topological polar surface area (TPSA) is 12.0 Å². The molecule has 0 radical (unpaired) electrons. The van der Waals surface area contributed by atoms with Gasteiger partial charge in [-0.15, -0.1) is 0 Å². The zero-order chi connectivity index (χ0) is 13.0. The van der Waals surface area contributed by atoms with E-state index < -0.39 is 0 Å². The van der Waals surface area contributed by atoms with Gasteiger partial charge in [-0.25, -0.2) is 0 Å². The van der Waals surface area contributed by atoms with E-state index in [9.17, 15) is 0 Å².